The number of hydrogen-bond acceptors (Lipinski definition) is 0. The summed E-state index contributed by atoms with van der Waals surface area (Å²) in [4.78, 5) is 14.4. The molecule has 0 saturated heterocycles. The van der Waals surface area contributed by atoms with Crippen molar-refractivity contribution in [3.05, 3.63) is 94.1 Å². The molecule has 28 heavy (non-hydrogen) atoms. The standard InChI is InChI=1S/C24H28N4/c1-2-18-11-12-20-5-6-22(27-20)15-16-24-8-7-23(28-24)14-13-21-4-3-19(26-21)10-9-17(1)25-18/h1-8,25-28H,9-16H2. The Morgan fingerprint density at radius 1 is 0.286 bits per heavy atom. The van der Waals surface area contributed by atoms with Gasteiger partial charge in [-0.2, -0.15) is 0 Å². The number of aromatic amines is 4. The number of rotatable bonds is 0. The first kappa shape index (κ1) is 17.2. The van der Waals surface area contributed by atoms with Crippen molar-refractivity contribution in [2.45, 2.75) is 51.4 Å². The van der Waals surface area contributed by atoms with Gasteiger partial charge in [0.15, 0.2) is 0 Å². The molecule has 144 valence electrons. The summed E-state index contributed by atoms with van der Waals surface area (Å²) in [7, 11) is 0. The van der Waals surface area contributed by atoms with Gasteiger partial charge < -0.3 is 19.9 Å². The van der Waals surface area contributed by atoms with Crippen LogP contribution in [0.15, 0.2) is 48.5 Å². The third-order valence-electron chi connectivity index (χ3n) is 5.88. The predicted octanol–water partition coefficient (Wildman–Crippen LogP) is 4.45. The lowest BCUT2D eigenvalue weighted by Gasteiger charge is -2.02. The second-order valence-electron chi connectivity index (χ2n) is 8.04. The summed E-state index contributed by atoms with van der Waals surface area (Å²) < 4.78 is 0. The molecule has 5 heterocycles. The second kappa shape index (κ2) is 7.63. The van der Waals surface area contributed by atoms with Gasteiger partial charge in [0.1, 0.15) is 0 Å². The van der Waals surface area contributed by atoms with Crippen LogP contribution in [-0.4, -0.2) is 19.9 Å². The van der Waals surface area contributed by atoms with Crippen molar-refractivity contribution < 1.29 is 0 Å². The summed E-state index contributed by atoms with van der Waals surface area (Å²) >= 11 is 0. The molecule has 4 heteroatoms. The molecule has 0 fully saturated rings. The number of fused-ring (bicyclic) bond motifs is 8. The van der Waals surface area contributed by atoms with Crippen molar-refractivity contribution in [2.24, 2.45) is 0 Å². The molecule has 5 rings (SSSR count). The number of H-pyrrole nitrogens is 4. The van der Waals surface area contributed by atoms with E-state index in [1.165, 1.54) is 45.6 Å². The predicted molar refractivity (Wildman–Crippen MR) is 113 cm³/mol. The minimum absolute atomic E-state index is 1.05. The zero-order chi connectivity index (χ0) is 18.8. The Bertz CT molecular complexity index is 799. The molecule has 0 aliphatic carbocycles. The van der Waals surface area contributed by atoms with E-state index in [0.29, 0.717) is 0 Å². The maximum atomic E-state index is 3.60. The first-order chi connectivity index (χ1) is 13.8. The van der Waals surface area contributed by atoms with Crippen molar-refractivity contribution in [3.8, 4) is 0 Å². The minimum atomic E-state index is 1.05. The van der Waals surface area contributed by atoms with Crippen molar-refractivity contribution in [3.63, 3.8) is 0 Å². The van der Waals surface area contributed by atoms with E-state index in [4.69, 9.17) is 0 Å². The Balaban J connectivity index is 1.35. The van der Waals surface area contributed by atoms with Crippen LogP contribution in [0.2, 0.25) is 0 Å². The van der Waals surface area contributed by atoms with Gasteiger partial charge in [-0.05, 0) is 99.9 Å². The van der Waals surface area contributed by atoms with Crippen LogP contribution in [0.5, 0.6) is 0 Å². The van der Waals surface area contributed by atoms with Crippen LogP contribution < -0.4 is 0 Å². The smallest absolute Gasteiger partial charge is 0.0153 e. The fourth-order valence-electron chi connectivity index (χ4n) is 4.21. The summed E-state index contributed by atoms with van der Waals surface area (Å²) in [5.41, 5.74) is 10.6. The number of aryl methyl sites for hydroxylation is 8. The molecule has 4 aromatic heterocycles. The van der Waals surface area contributed by atoms with Crippen LogP contribution in [-0.2, 0) is 51.4 Å². The number of aromatic nitrogens is 4. The van der Waals surface area contributed by atoms with E-state index >= 15 is 0 Å². The third kappa shape index (κ3) is 4.01. The van der Waals surface area contributed by atoms with Crippen molar-refractivity contribution >= 4 is 0 Å². The maximum absolute atomic E-state index is 3.60. The van der Waals surface area contributed by atoms with Gasteiger partial charge in [0, 0.05) is 45.6 Å². The van der Waals surface area contributed by atoms with Gasteiger partial charge in [-0.25, -0.2) is 0 Å². The van der Waals surface area contributed by atoms with Crippen LogP contribution in [0.3, 0.4) is 0 Å². The molecule has 8 bridgehead atoms. The molecule has 0 aromatic carbocycles. The molecule has 4 N–H and O–H groups in total. The molecular weight excluding hydrogens is 344 g/mol. The SMILES string of the molecule is c1cc2[nH]c1CCc1ccc([nH]1)CCc1ccc([nH]1)CCc1ccc([nH]1)CC2. The Morgan fingerprint density at radius 3 is 0.571 bits per heavy atom. The zero-order valence-corrected chi connectivity index (χ0v) is 16.3. The molecule has 0 amide bonds. The van der Waals surface area contributed by atoms with Crippen LogP contribution in [0, 0.1) is 0 Å². The molecule has 0 unspecified atom stereocenters. The fourth-order valence-corrected chi connectivity index (χ4v) is 4.21. The first-order valence-corrected chi connectivity index (χ1v) is 10.5. The average molecular weight is 373 g/mol. The average Bonchev–Trinajstić information content (AvgIpc) is 3.49. The van der Waals surface area contributed by atoms with Gasteiger partial charge >= 0.3 is 0 Å². The van der Waals surface area contributed by atoms with Crippen molar-refractivity contribution in [1.82, 2.24) is 19.9 Å². The molecule has 0 radical (unpaired) electrons. The van der Waals surface area contributed by atoms with Crippen molar-refractivity contribution in [1.29, 1.82) is 0 Å². The molecule has 4 nitrogen and oxygen atoms in total. The molecule has 1 aliphatic rings. The Hall–Kier alpha value is -2.88. The maximum Gasteiger partial charge on any atom is 0.0153 e. The Morgan fingerprint density at radius 2 is 0.429 bits per heavy atom. The van der Waals surface area contributed by atoms with E-state index in [-0.39, 0.29) is 0 Å². The summed E-state index contributed by atoms with van der Waals surface area (Å²) in [5, 5.41) is 0. The minimum Gasteiger partial charge on any atom is -0.362 e. The topological polar surface area (TPSA) is 63.2 Å². The van der Waals surface area contributed by atoms with Gasteiger partial charge in [0.2, 0.25) is 0 Å². The fraction of sp³-hybridized carbons (Fsp3) is 0.333. The van der Waals surface area contributed by atoms with E-state index in [0.717, 1.165) is 51.4 Å². The molecular formula is C24H28N4. The van der Waals surface area contributed by atoms with Gasteiger partial charge in [-0.3, -0.25) is 0 Å². The van der Waals surface area contributed by atoms with Crippen LogP contribution >= 0.6 is 0 Å². The first-order valence-electron chi connectivity index (χ1n) is 10.5. The van der Waals surface area contributed by atoms with E-state index < -0.39 is 0 Å². The van der Waals surface area contributed by atoms with E-state index in [1.807, 2.05) is 0 Å². The lowest BCUT2D eigenvalue weighted by Crippen LogP contribution is -1.98. The lowest BCUT2D eigenvalue weighted by atomic mass is 10.2. The largest absolute Gasteiger partial charge is 0.362 e. The van der Waals surface area contributed by atoms with E-state index in [9.17, 15) is 0 Å². The van der Waals surface area contributed by atoms with Gasteiger partial charge in [-0.1, -0.05) is 0 Å². The van der Waals surface area contributed by atoms with Crippen LogP contribution in [0.1, 0.15) is 45.6 Å². The summed E-state index contributed by atoms with van der Waals surface area (Å²) in [6.07, 6.45) is 8.39. The third-order valence-corrected chi connectivity index (χ3v) is 5.88. The highest BCUT2D eigenvalue weighted by molar-refractivity contribution is 5.22. The molecule has 0 spiro atoms. The second-order valence-corrected chi connectivity index (χ2v) is 8.04. The molecule has 1 aliphatic heterocycles. The quantitative estimate of drug-likeness (QED) is 0.352. The van der Waals surface area contributed by atoms with E-state index in [1.54, 1.807) is 0 Å². The van der Waals surface area contributed by atoms with Gasteiger partial charge in [0.05, 0.1) is 0 Å². The lowest BCUT2D eigenvalue weighted by molar-refractivity contribution is 0.828. The Labute approximate surface area is 165 Å². The van der Waals surface area contributed by atoms with Crippen LogP contribution in [0.25, 0.3) is 0 Å². The Kier molecular flexibility index (Phi) is 4.69. The van der Waals surface area contributed by atoms with Crippen molar-refractivity contribution in [2.75, 3.05) is 0 Å². The summed E-state index contributed by atoms with van der Waals surface area (Å²) in [6, 6.07) is 17.9. The number of hydrogen-bond donors (Lipinski definition) is 4. The summed E-state index contributed by atoms with van der Waals surface area (Å²) in [5.74, 6) is 0. The highest BCUT2D eigenvalue weighted by Crippen LogP contribution is 2.14. The zero-order valence-electron chi connectivity index (χ0n) is 16.3. The molecule has 4 aromatic rings. The highest BCUT2D eigenvalue weighted by Gasteiger charge is 2.07. The van der Waals surface area contributed by atoms with Gasteiger partial charge in [0.25, 0.3) is 0 Å². The van der Waals surface area contributed by atoms with Gasteiger partial charge in [-0.15, -0.1) is 0 Å². The summed E-state index contributed by atoms with van der Waals surface area (Å²) in [6.45, 7) is 0. The van der Waals surface area contributed by atoms with Crippen LogP contribution in [0.4, 0.5) is 0 Å². The molecule has 0 saturated carbocycles. The highest BCUT2D eigenvalue weighted by atomic mass is 14.8. The normalized spacial score (nSPS) is 15.4. The monoisotopic (exact) mass is 372 g/mol. The number of nitrogens with one attached hydrogen (secondary N) is 4. The molecule has 0 atom stereocenters. The van der Waals surface area contributed by atoms with E-state index in [2.05, 4.69) is 68.5 Å².